The molecule has 1 aromatic carbocycles. The van der Waals surface area contributed by atoms with Crippen molar-refractivity contribution < 1.29 is 9.18 Å². The van der Waals surface area contributed by atoms with E-state index in [9.17, 15) is 9.18 Å². The highest BCUT2D eigenvalue weighted by molar-refractivity contribution is 5.98. The Morgan fingerprint density at radius 2 is 1.96 bits per heavy atom. The highest BCUT2D eigenvalue weighted by atomic mass is 19.1. The van der Waals surface area contributed by atoms with Crippen LogP contribution >= 0.6 is 0 Å². The molecule has 2 atom stereocenters. The summed E-state index contributed by atoms with van der Waals surface area (Å²) >= 11 is 0. The molecule has 3 aromatic rings. The molecule has 0 saturated carbocycles. The van der Waals surface area contributed by atoms with Gasteiger partial charge in [-0.1, -0.05) is 12.1 Å². The number of hydrogen-bond donors (Lipinski definition) is 1. The number of halogens is 1. The van der Waals surface area contributed by atoms with Crippen LogP contribution in [0.5, 0.6) is 0 Å². The largest absolute Gasteiger partial charge is 0.365 e. The summed E-state index contributed by atoms with van der Waals surface area (Å²) in [5.41, 5.74) is 1.21. The smallest absolute Gasteiger partial charge is 0.256 e. The number of piperidine rings is 1. The lowest BCUT2D eigenvalue weighted by atomic mass is 9.96. The van der Waals surface area contributed by atoms with E-state index in [1.807, 2.05) is 30.0 Å². The normalized spacial score (nSPS) is 19.4. The highest BCUT2D eigenvalue weighted by Crippen LogP contribution is 2.24. The van der Waals surface area contributed by atoms with Gasteiger partial charge in [-0.25, -0.2) is 9.37 Å². The van der Waals surface area contributed by atoms with E-state index in [1.54, 1.807) is 24.5 Å². The Bertz CT molecular complexity index is 944. The molecule has 28 heavy (non-hydrogen) atoms. The number of nitrogens with zero attached hydrogens (tertiary/aromatic N) is 5. The Balaban J connectivity index is 1.56. The molecule has 1 amide bonds. The Kier molecular flexibility index (Phi) is 5.01. The second kappa shape index (κ2) is 7.75. The number of amides is 1. The highest BCUT2D eigenvalue weighted by Gasteiger charge is 2.32. The zero-order valence-corrected chi connectivity index (χ0v) is 15.5. The van der Waals surface area contributed by atoms with Crippen LogP contribution in [0.25, 0.3) is 5.69 Å². The first-order chi connectivity index (χ1) is 13.6. The molecule has 144 valence electrons. The van der Waals surface area contributed by atoms with Crippen molar-refractivity contribution in [3.8, 4) is 5.69 Å². The van der Waals surface area contributed by atoms with Gasteiger partial charge < -0.3 is 10.2 Å². The zero-order chi connectivity index (χ0) is 19.5. The van der Waals surface area contributed by atoms with Crippen LogP contribution in [0.3, 0.4) is 0 Å². The average molecular weight is 380 g/mol. The van der Waals surface area contributed by atoms with Crippen LogP contribution in [0.15, 0.2) is 55.0 Å². The monoisotopic (exact) mass is 380 g/mol. The Hall–Kier alpha value is -3.29. The lowest BCUT2D eigenvalue weighted by molar-refractivity contribution is 0.0616. The molecule has 1 N–H and O–H groups in total. The lowest BCUT2D eigenvalue weighted by Crippen LogP contribution is -2.52. The molecule has 2 unspecified atom stereocenters. The molecule has 2 aromatic heterocycles. The summed E-state index contributed by atoms with van der Waals surface area (Å²) in [5.74, 6) is 0.176. The van der Waals surface area contributed by atoms with E-state index in [-0.39, 0.29) is 23.8 Å². The van der Waals surface area contributed by atoms with Crippen LogP contribution < -0.4 is 5.32 Å². The van der Waals surface area contributed by atoms with Crippen LogP contribution in [0.2, 0.25) is 0 Å². The van der Waals surface area contributed by atoms with Gasteiger partial charge in [-0.3, -0.25) is 4.79 Å². The van der Waals surface area contributed by atoms with Crippen molar-refractivity contribution in [2.24, 2.45) is 0 Å². The van der Waals surface area contributed by atoms with Crippen molar-refractivity contribution in [3.63, 3.8) is 0 Å². The number of rotatable bonds is 4. The van der Waals surface area contributed by atoms with E-state index in [0.717, 1.165) is 12.8 Å². The summed E-state index contributed by atoms with van der Waals surface area (Å²) in [6, 6.07) is 10.3. The minimum absolute atomic E-state index is 0.0330. The van der Waals surface area contributed by atoms with Gasteiger partial charge >= 0.3 is 0 Å². The van der Waals surface area contributed by atoms with E-state index >= 15 is 0 Å². The molecule has 1 saturated heterocycles. The van der Waals surface area contributed by atoms with Gasteiger partial charge in [0.15, 0.2) is 0 Å². The fraction of sp³-hybridized carbons (Fsp3) is 0.300. The molecule has 0 radical (unpaired) electrons. The number of para-hydroxylation sites is 1. The van der Waals surface area contributed by atoms with Gasteiger partial charge in [-0.05, 0) is 44.0 Å². The molecule has 0 bridgehead atoms. The maximum absolute atomic E-state index is 13.3. The maximum Gasteiger partial charge on any atom is 0.256 e. The first-order valence-electron chi connectivity index (χ1n) is 9.28. The number of benzene rings is 1. The predicted molar refractivity (Wildman–Crippen MR) is 103 cm³/mol. The Labute approximate surface area is 162 Å². The molecule has 3 heterocycles. The molecule has 8 heteroatoms. The van der Waals surface area contributed by atoms with Gasteiger partial charge in [0.2, 0.25) is 0 Å². The van der Waals surface area contributed by atoms with Crippen LogP contribution in [0.4, 0.5) is 10.2 Å². The summed E-state index contributed by atoms with van der Waals surface area (Å²) in [4.78, 5) is 20.7. The van der Waals surface area contributed by atoms with E-state index in [0.29, 0.717) is 23.6 Å². The zero-order valence-electron chi connectivity index (χ0n) is 15.5. The number of anilines is 1. The van der Waals surface area contributed by atoms with Crippen LogP contribution in [-0.4, -0.2) is 49.4 Å². The molecule has 1 fully saturated rings. The predicted octanol–water partition coefficient (Wildman–Crippen LogP) is 2.91. The fourth-order valence-electron chi connectivity index (χ4n) is 3.60. The topological polar surface area (TPSA) is 75.9 Å². The second-order valence-electron chi connectivity index (χ2n) is 6.83. The second-order valence-corrected chi connectivity index (χ2v) is 6.83. The van der Waals surface area contributed by atoms with E-state index in [2.05, 4.69) is 20.5 Å². The molecule has 4 rings (SSSR count). The summed E-state index contributed by atoms with van der Waals surface area (Å²) < 4.78 is 13.1. The van der Waals surface area contributed by atoms with E-state index < -0.39 is 0 Å². The third-order valence-corrected chi connectivity index (χ3v) is 5.08. The lowest BCUT2D eigenvalue weighted by Gasteiger charge is -2.40. The van der Waals surface area contributed by atoms with Crippen molar-refractivity contribution in [3.05, 3.63) is 66.4 Å². The minimum atomic E-state index is -0.372. The molecule has 7 nitrogen and oxygen atoms in total. The number of aromatic nitrogens is 4. The number of pyridine rings is 1. The fourth-order valence-corrected chi connectivity index (χ4v) is 3.60. The van der Waals surface area contributed by atoms with Crippen LogP contribution in [0, 0.1) is 5.82 Å². The number of hydrogen-bond acceptors (Lipinski definition) is 5. The third-order valence-electron chi connectivity index (χ3n) is 5.08. The van der Waals surface area contributed by atoms with Crippen molar-refractivity contribution in [2.75, 3.05) is 11.9 Å². The number of nitrogens with one attached hydrogen (secondary N) is 1. The van der Waals surface area contributed by atoms with Gasteiger partial charge in [-0.15, -0.1) is 0 Å². The summed E-state index contributed by atoms with van der Waals surface area (Å²) in [5, 5.41) is 11.6. The van der Waals surface area contributed by atoms with Gasteiger partial charge in [0.1, 0.15) is 11.6 Å². The standard InChI is InChI=1S/C20H21FN6O/c1-14-17(25-19-9-8-15(21)13-22-19)6-4-12-26(14)20(28)16-5-2-3-7-18(16)27-23-10-11-24-27/h2-3,5,7-11,13-14,17H,4,6,12H2,1H3,(H,22,25). The Morgan fingerprint density at radius 3 is 2.71 bits per heavy atom. The van der Waals surface area contributed by atoms with Gasteiger partial charge in [0.05, 0.1) is 29.8 Å². The molecule has 0 aliphatic carbocycles. The van der Waals surface area contributed by atoms with E-state index in [4.69, 9.17) is 0 Å². The number of likely N-dealkylation sites (tertiary alicyclic amines) is 1. The summed E-state index contributed by atoms with van der Waals surface area (Å²) in [6.45, 7) is 2.70. The van der Waals surface area contributed by atoms with Gasteiger partial charge in [-0.2, -0.15) is 15.0 Å². The SMILES string of the molecule is CC1C(Nc2ccc(F)cn2)CCCN1C(=O)c1ccccc1-n1nccn1. The summed E-state index contributed by atoms with van der Waals surface area (Å²) in [6.07, 6.45) is 6.14. The van der Waals surface area contributed by atoms with Crippen LogP contribution in [-0.2, 0) is 0 Å². The molecular formula is C20H21FN6O. The minimum Gasteiger partial charge on any atom is -0.365 e. The van der Waals surface area contributed by atoms with Crippen molar-refractivity contribution in [1.82, 2.24) is 24.9 Å². The summed E-state index contributed by atoms with van der Waals surface area (Å²) in [7, 11) is 0. The average Bonchev–Trinajstić information content (AvgIpc) is 3.25. The Morgan fingerprint density at radius 1 is 1.18 bits per heavy atom. The first kappa shape index (κ1) is 18.1. The molecule has 0 spiro atoms. The molecule has 1 aliphatic heterocycles. The van der Waals surface area contributed by atoms with Crippen molar-refractivity contribution in [1.29, 1.82) is 0 Å². The van der Waals surface area contributed by atoms with Crippen molar-refractivity contribution in [2.45, 2.75) is 31.8 Å². The van der Waals surface area contributed by atoms with Crippen molar-refractivity contribution >= 4 is 11.7 Å². The number of carbonyl (C=O) groups is 1. The maximum atomic E-state index is 13.3. The molecular weight excluding hydrogens is 359 g/mol. The molecule has 1 aliphatic rings. The first-order valence-corrected chi connectivity index (χ1v) is 9.28. The third kappa shape index (κ3) is 3.58. The van der Waals surface area contributed by atoms with E-state index in [1.165, 1.54) is 17.1 Å². The van der Waals surface area contributed by atoms with Crippen LogP contribution in [0.1, 0.15) is 30.1 Å². The van der Waals surface area contributed by atoms with Gasteiger partial charge in [0, 0.05) is 18.6 Å². The number of carbonyl (C=O) groups excluding carboxylic acids is 1. The van der Waals surface area contributed by atoms with Gasteiger partial charge in [0.25, 0.3) is 5.91 Å². The quantitative estimate of drug-likeness (QED) is 0.753.